The second kappa shape index (κ2) is 12.5. The third kappa shape index (κ3) is 5.83. The average Bonchev–Trinajstić information content (AvgIpc) is 3.48. The van der Waals surface area contributed by atoms with Gasteiger partial charge in [-0.1, -0.05) is 18.9 Å². The number of aromatic nitrogens is 1. The van der Waals surface area contributed by atoms with E-state index in [1.807, 2.05) is 18.2 Å². The minimum atomic E-state index is -0.929. The van der Waals surface area contributed by atoms with Crippen LogP contribution >= 0.6 is 0 Å². The molecule has 2 heterocycles. The van der Waals surface area contributed by atoms with Gasteiger partial charge in [0.25, 0.3) is 0 Å². The van der Waals surface area contributed by atoms with Crippen LogP contribution in [0, 0.1) is 5.92 Å². The Labute approximate surface area is 245 Å². The van der Waals surface area contributed by atoms with Crippen LogP contribution in [-0.4, -0.2) is 51.0 Å². The first kappa shape index (κ1) is 29.5. The zero-order valence-corrected chi connectivity index (χ0v) is 24.0. The number of fused-ring (bicyclic) bond motifs is 1. The zero-order valence-electron chi connectivity index (χ0n) is 24.0. The van der Waals surface area contributed by atoms with Gasteiger partial charge in [0.1, 0.15) is 11.6 Å². The second-order valence-electron chi connectivity index (χ2n) is 11.6. The first-order chi connectivity index (χ1) is 20.2. The van der Waals surface area contributed by atoms with E-state index in [2.05, 4.69) is 4.98 Å². The largest absolute Gasteiger partial charge is 0.504 e. The molecule has 9 nitrogen and oxygen atoms in total. The topological polar surface area (TPSA) is 155 Å². The third-order valence-corrected chi connectivity index (χ3v) is 9.04. The van der Waals surface area contributed by atoms with Crippen LogP contribution in [0.1, 0.15) is 67.2 Å². The lowest BCUT2D eigenvalue weighted by atomic mass is 9.64. The molecule has 3 aromatic rings. The molecule has 2 atom stereocenters. The molecule has 6 N–H and O–H groups in total. The number of aromatic hydroxyl groups is 3. The van der Waals surface area contributed by atoms with Crippen LogP contribution in [0.4, 0.5) is 5.82 Å². The van der Waals surface area contributed by atoms with Gasteiger partial charge in [-0.25, -0.2) is 4.98 Å². The van der Waals surface area contributed by atoms with E-state index in [1.165, 1.54) is 13.2 Å². The number of Topliss-reactive ketones (excluding diaryl/α,β-unsaturated/α-hetero) is 1. The molecule has 1 fully saturated rings. The number of carbonyl (C=O) groups excluding carboxylic acids is 1. The molecule has 2 aliphatic rings. The fourth-order valence-electron chi connectivity index (χ4n) is 7.02. The number of anilines is 1. The SMILES string of the molecule is COc1cc(CCC(=O)[C@H]([C@H](O)CCc2ccc(O)c3c2CCCO3)C2(c3ccnc(N)c3)CCCC2)cc(O)c1O. The first-order valence-corrected chi connectivity index (χ1v) is 14.7. The summed E-state index contributed by atoms with van der Waals surface area (Å²) in [6, 6.07) is 10.3. The molecule has 2 aromatic carbocycles. The number of nitrogens with two attached hydrogens (primary N) is 1. The number of ether oxygens (including phenoxy) is 2. The summed E-state index contributed by atoms with van der Waals surface area (Å²) in [6.45, 7) is 0.561. The van der Waals surface area contributed by atoms with E-state index in [4.69, 9.17) is 15.2 Å². The lowest BCUT2D eigenvalue weighted by Crippen LogP contribution is -2.45. The Kier molecular flexibility index (Phi) is 8.77. The van der Waals surface area contributed by atoms with Gasteiger partial charge in [-0.15, -0.1) is 0 Å². The monoisotopic (exact) mass is 576 g/mol. The molecule has 9 heteroatoms. The molecule has 1 aliphatic carbocycles. The standard InChI is InChI=1S/C33H40N2O7/c1-41-28-18-20(17-27(39)31(28)40)6-9-24(36)30(33(13-2-3-14-33)22-12-15-35-29(34)19-22)25(37)10-7-21-8-11-26(38)32-23(21)5-4-16-42-32/h8,11-12,15,17-19,25,30,37-40H,2-7,9-10,13-14,16H2,1H3,(H2,34,35)/t25-,30-/m1/s1. The number of ketones is 1. The lowest BCUT2D eigenvalue weighted by Gasteiger charge is -2.40. The Morgan fingerprint density at radius 2 is 1.86 bits per heavy atom. The highest BCUT2D eigenvalue weighted by Crippen LogP contribution is 2.50. The lowest BCUT2D eigenvalue weighted by molar-refractivity contribution is -0.130. The molecule has 224 valence electrons. The van der Waals surface area contributed by atoms with Crippen molar-refractivity contribution in [3.05, 3.63) is 64.8 Å². The number of nitrogen functional groups attached to an aromatic ring is 1. The summed E-state index contributed by atoms with van der Waals surface area (Å²) < 4.78 is 10.9. The third-order valence-electron chi connectivity index (χ3n) is 9.04. The molecular weight excluding hydrogens is 536 g/mol. The fraction of sp³-hybridized carbons (Fsp3) is 0.455. The van der Waals surface area contributed by atoms with Gasteiger partial charge < -0.3 is 35.6 Å². The van der Waals surface area contributed by atoms with Gasteiger partial charge in [0.2, 0.25) is 5.75 Å². The molecule has 42 heavy (non-hydrogen) atoms. The quantitative estimate of drug-likeness (QED) is 0.204. The number of phenolic OH excluding ortho intramolecular Hbond substituents is 3. The Morgan fingerprint density at radius 3 is 2.60 bits per heavy atom. The van der Waals surface area contributed by atoms with Crippen molar-refractivity contribution in [2.45, 2.75) is 75.7 Å². The molecule has 0 saturated heterocycles. The van der Waals surface area contributed by atoms with Crippen molar-refractivity contribution in [1.82, 2.24) is 4.98 Å². The highest BCUT2D eigenvalue weighted by atomic mass is 16.5. The minimum Gasteiger partial charge on any atom is -0.504 e. The number of pyridine rings is 1. The number of hydrogen-bond acceptors (Lipinski definition) is 9. The van der Waals surface area contributed by atoms with Crippen LogP contribution in [0.3, 0.4) is 0 Å². The Bertz CT molecular complexity index is 1430. The van der Waals surface area contributed by atoms with Crippen LogP contribution in [0.15, 0.2) is 42.6 Å². The van der Waals surface area contributed by atoms with Crippen LogP contribution in [0.2, 0.25) is 0 Å². The van der Waals surface area contributed by atoms with Gasteiger partial charge in [0, 0.05) is 23.6 Å². The smallest absolute Gasteiger partial charge is 0.200 e. The summed E-state index contributed by atoms with van der Waals surface area (Å²) in [6.07, 6.45) is 7.10. The molecule has 1 aromatic heterocycles. The van der Waals surface area contributed by atoms with E-state index in [0.29, 0.717) is 43.0 Å². The number of hydrogen-bond donors (Lipinski definition) is 5. The summed E-state index contributed by atoms with van der Waals surface area (Å²) >= 11 is 0. The van der Waals surface area contributed by atoms with Crippen molar-refractivity contribution in [2.24, 2.45) is 5.92 Å². The van der Waals surface area contributed by atoms with Gasteiger partial charge in [0.15, 0.2) is 23.0 Å². The van der Waals surface area contributed by atoms with E-state index >= 15 is 0 Å². The van der Waals surface area contributed by atoms with Gasteiger partial charge in [-0.3, -0.25) is 4.79 Å². The molecule has 0 spiro atoms. The maximum absolute atomic E-state index is 14.2. The molecule has 5 rings (SSSR count). The number of aliphatic hydroxyl groups is 1. The summed E-state index contributed by atoms with van der Waals surface area (Å²) in [5.74, 6) is -0.248. The van der Waals surface area contributed by atoms with E-state index < -0.39 is 17.4 Å². The summed E-state index contributed by atoms with van der Waals surface area (Å²) in [5, 5.41) is 42.3. The van der Waals surface area contributed by atoms with Crippen LogP contribution in [0.5, 0.6) is 28.7 Å². The van der Waals surface area contributed by atoms with Gasteiger partial charge in [-0.2, -0.15) is 0 Å². The van der Waals surface area contributed by atoms with Crippen molar-refractivity contribution >= 4 is 11.6 Å². The van der Waals surface area contributed by atoms with Crippen LogP contribution in [0.25, 0.3) is 0 Å². The maximum atomic E-state index is 14.2. The van der Waals surface area contributed by atoms with Crippen molar-refractivity contribution in [3.8, 4) is 28.7 Å². The Morgan fingerprint density at radius 1 is 1.07 bits per heavy atom. The predicted molar refractivity (Wildman–Crippen MR) is 158 cm³/mol. The number of phenols is 3. The minimum absolute atomic E-state index is 0.0672. The van der Waals surface area contributed by atoms with Crippen LogP contribution < -0.4 is 15.2 Å². The summed E-state index contributed by atoms with van der Waals surface area (Å²) in [7, 11) is 1.40. The van der Waals surface area contributed by atoms with E-state index in [9.17, 15) is 25.2 Å². The number of benzene rings is 2. The highest BCUT2D eigenvalue weighted by Gasteiger charge is 2.49. The summed E-state index contributed by atoms with van der Waals surface area (Å²) in [5.41, 5.74) is 9.05. The van der Waals surface area contributed by atoms with Crippen LogP contribution in [-0.2, 0) is 29.5 Å². The Balaban J connectivity index is 1.44. The molecule has 0 radical (unpaired) electrons. The number of aryl methyl sites for hydroxylation is 2. The molecule has 0 unspecified atom stereocenters. The second-order valence-corrected chi connectivity index (χ2v) is 11.6. The van der Waals surface area contributed by atoms with Gasteiger partial charge in [0.05, 0.1) is 25.7 Å². The number of carbonyl (C=O) groups is 1. The maximum Gasteiger partial charge on any atom is 0.200 e. The van der Waals surface area contributed by atoms with Crippen molar-refractivity contribution in [2.75, 3.05) is 19.5 Å². The normalized spacial score (nSPS) is 17.2. The van der Waals surface area contributed by atoms with Gasteiger partial charge >= 0.3 is 0 Å². The molecule has 1 saturated carbocycles. The van der Waals surface area contributed by atoms with E-state index in [0.717, 1.165) is 55.2 Å². The van der Waals surface area contributed by atoms with Crippen molar-refractivity contribution in [3.63, 3.8) is 0 Å². The molecule has 0 bridgehead atoms. The number of nitrogens with zero attached hydrogens (tertiary/aromatic N) is 1. The highest BCUT2D eigenvalue weighted by molar-refractivity contribution is 5.84. The predicted octanol–water partition coefficient (Wildman–Crippen LogP) is 4.74. The molecular formula is C33H40N2O7. The van der Waals surface area contributed by atoms with Crippen molar-refractivity contribution in [1.29, 1.82) is 0 Å². The van der Waals surface area contributed by atoms with E-state index in [1.54, 1.807) is 18.3 Å². The molecule has 0 amide bonds. The first-order valence-electron chi connectivity index (χ1n) is 14.7. The number of methoxy groups -OCH3 is 1. The summed E-state index contributed by atoms with van der Waals surface area (Å²) in [4.78, 5) is 18.4. The van der Waals surface area contributed by atoms with Crippen molar-refractivity contribution < 1.29 is 34.7 Å². The van der Waals surface area contributed by atoms with Gasteiger partial charge in [-0.05, 0) is 92.0 Å². The average molecular weight is 577 g/mol. The number of aliphatic hydroxyl groups excluding tert-OH is 1. The number of rotatable bonds is 11. The Hall–Kier alpha value is -3.98. The zero-order chi connectivity index (χ0) is 29.9. The fourth-order valence-corrected chi connectivity index (χ4v) is 7.02. The van der Waals surface area contributed by atoms with E-state index in [-0.39, 0.29) is 35.2 Å². The molecule has 1 aliphatic heterocycles.